The van der Waals surface area contributed by atoms with E-state index in [0.717, 1.165) is 16.7 Å². The minimum atomic E-state index is -0.428. The van der Waals surface area contributed by atoms with Crippen molar-refractivity contribution >= 4 is 17.6 Å². The first kappa shape index (κ1) is 23.8. The molecular formula is C30H27NO4. The largest absolute Gasteiger partial charge is 0.489 e. The summed E-state index contributed by atoms with van der Waals surface area (Å²) in [6.45, 7) is 0.122. The van der Waals surface area contributed by atoms with Crippen molar-refractivity contribution < 1.29 is 19.1 Å². The molecule has 0 bridgehead atoms. The van der Waals surface area contributed by atoms with E-state index in [0.29, 0.717) is 18.0 Å². The minimum absolute atomic E-state index is 0.142. The number of ether oxygens (including phenoxy) is 2. The van der Waals surface area contributed by atoms with Crippen LogP contribution in [0.1, 0.15) is 29.0 Å². The molecule has 4 aromatic rings. The molecule has 35 heavy (non-hydrogen) atoms. The van der Waals surface area contributed by atoms with Gasteiger partial charge in [0.15, 0.2) is 6.61 Å². The van der Waals surface area contributed by atoms with Crippen molar-refractivity contribution in [3.8, 4) is 5.75 Å². The van der Waals surface area contributed by atoms with Crippen LogP contribution >= 0.6 is 0 Å². The molecular weight excluding hydrogens is 438 g/mol. The van der Waals surface area contributed by atoms with Crippen LogP contribution in [0.25, 0.3) is 0 Å². The van der Waals surface area contributed by atoms with Crippen LogP contribution in [0.4, 0.5) is 5.69 Å². The van der Waals surface area contributed by atoms with Gasteiger partial charge in [-0.25, -0.2) is 0 Å². The smallest absolute Gasteiger partial charge is 0.307 e. The van der Waals surface area contributed by atoms with Gasteiger partial charge in [-0.15, -0.1) is 0 Å². The van der Waals surface area contributed by atoms with Gasteiger partial charge in [0.25, 0.3) is 5.91 Å². The van der Waals surface area contributed by atoms with Crippen LogP contribution in [0.2, 0.25) is 0 Å². The highest BCUT2D eigenvalue weighted by molar-refractivity contribution is 5.92. The summed E-state index contributed by atoms with van der Waals surface area (Å²) in [5.41, 5.74) is 3.72. The predicted octanol–water partition coefficient (Wildman–Crippen LogP) is 5.97. The van der Waals surface area contributed by atoms with Gasteiger partial charge in [-0.2, -0.15) is 0 Å². The van der Waals surface area contributed by atoms with E-state index in [1.807, 2.05) is 91.0 Å². The predicted molar refractivity (Wildman–Crippen MR) is 136 cm³/mol. The van der Waals surface area contributed by atoms with Crippen molar-refractivity contribution in [2.24, 2.45) is 0 Å². The first-order valence-corrected chi connectivity index (χ1v) is 11.5. The van der Waals surface area contributed by atoms with E-state index in [-0.39, 0.29) is 18.9 Å². The fraction of sp³-hybridized carbons (Fsp3) is 0.133. The lowest BCUT2D eigenvalue weighted by molar-refractivity contribution is -0.147. The molecule has 0 saturated carbocycles. The lowest BCUT2D eigenvalue weighted by Crippen LogP contribution is -2.22. The van der Waals surface area contributed by atoms with E-state index in [2.05, 4.69) is 5.32 Å². The molecule has 1 N–H and O–H groups in total. The van der Waals surface area contributed by atoms with Gasteiger partial charge in [0.2, 0.25) is 0 Å². The summed E-state index contributed by atoms with van der Waals surface area (Å²) in [5.74, 6) is -0.266. The number of hydrogen-bond donors (Lipinski definition) is 1. The molecule has 0 saturated heterocycles. The highest BCUT2D eigenvalue weighted by Crippen LogP contribution is 2.28. The molecule has 5 nitrogen and oxygen atoms in total. The molecule has 0 fully saturated rings. The number of amides is 1. The van der Waals surface area contributed by atoms with Crippen molar-refractivity contribution in [1.29, 1.82) is 0 Å². The first-order chi connectivity index (χ1) is 17.2. The fourth-order valence-electron chi connectivity index (χ4n) is 3.74. The second-order valence-corrected chi connectivity index (χ2v) is 8.09. The molecule has 0 radical (unpaired) electrons. The molecule has 0 heterocycles. The Labute approximate surface area is 205 Å². The van der Waals surface area contributed by atoms with Gasteiger partial charge in [0.1, 0.15) is 12.4 Å². The Morgan fingerprint density at radius 3 is 1.80 bits per heavy atom. The van der Waals surface area contributed by atoms with Crippen LogP contribution < -0.4 is 10.1 Å². The average Bonchev–Trinajstić information content (AvgIpc) is 2.92. The number of benzene rings is 4. The first-order valence-electron chi connectivity index (χ1n) is 11.5. The van der Waals surface area contributed by atoms with Crippen LogP contribution in [0.15, 0.2) is 115 Å². The topological polar surface area (TPSA) is 64.6 Å². The second-order valence-electron chi connectivity index (χ2n) is 8.09. The van der Waals surface area contributed by atoms with Crippen LogP contribution in [-0.4, -0.2) is 18.5 Å². The molecule has 0 aromatic heterocycles. The molecule has 0 atom stereocenters. The Kier molecular flexibility index (Phi) is 8.28. The zero-order valence-corrected chi connectivity index (χ0v) is 19.3. The van der Waals surface area contributed by atoms with Crippen molar-refractivity contribution in [2.45, 2.75) is 18.9 Å². The summed E-state index contributed by atoms with van der Waals surface area (Å²) >= 11 is 0. The summed E-state index contributed by atoms with van der Waals surface area (Å²) in [7, 11) is 0. The van der Waals surface area contributed by atoms with Crippen molar-refractivity contribution in [1.82, 2.24) is 0 Å². The molecule has 4 rings (SSSR count). The Hall–Kier alpha value is -4.38. The summed E-state index contributed by atoms with van der Waals surface area (Å²) in [6.07, 6.45) is 0.148. The number of carbonyl (C=O) groups is 2. The molecule has 0 unspecified atom stereocenters. The maximum Gasteiger partial charge on any atom is 0.307 e. The van der Waals surface area contributed by atoms with Gasteiger partial charge in [0.05, 0.1) is 6.42 Å². The standard InChI is InChI=1S/C30H27NO4/c32-29(31-26-16-18-27(19-17-26)34-21-23-10-4-1-5-11-23)22-35-30(33)20-28(24-12-6-2-7-13-24)25-14-8-3-9-15-25/h1-19,28H,20-22H2,(H,31,32). The third-order valence-electron chi connectivity index (χ3n) is 5.53. The van der Waals surface area contributed by atoms with Gasteiger partial charge in [-0.1, -0.05) is 91.0 Å². The number of nitrogens with one attached hydrogen (secondary N) is 1. The zero-order chi connectivity index (χ0) is 24.3. The van der Waals surface area contributed by atoms with Crippen LogP contribution in [0, 0.1) is 0 Å². The summed E-state index contributed by atoms with van der Waals surface area (Å²) in [5, 5.41) is 2.74. The third kappa shape index (κ3) is 7.30. The SMILES string of the molecule is O=C(COC(=O)CC(c1ccccc1)c1ccccc1)Nc1ccc(OCc2ccccc2)cc1. The normalized spacial score (nSPS) is 10.5. The Balaban J connectivity index is 1.26. The maximum absolute atomic E-state index is 12.6. The lowest BCUT2D eigenvalue weighted by Gasteiger charge is -2.17. The zero-order valence-electron chi connectivity index (χ0n) is 19.3. The van der Waals surface area contributed by atoms with Crippen molar-refractivity contribution in [3.05, 3.63) is 132 Å². The van der Waals surface area contributed by atoms with Crippen LogP contribution in [0.3, 0.4) is 0 Å². The lowest BCUT2D eigenvalue weighted by atomic mass is 9.89. The third-order valence-corrected chi connectivity index (χ3v) is 5.53. The van der Waals surface area contributed by atoms with Gasteiger partial charge in [-0.05, 0) is 41.0 Å². The van der Waals surface area contributed by atoms with Crippen LogP contribution in [-0.2, 0) is 20.9 Å². The molecule has 176 valence electrons. The minimum Gasteiger partial charge on any atom is -0.489 e. The quantitative estimate of drug-likeness (QED) is 0.293. The van der Waals surface area contributed by atoms with Gasteiger partial charge < -0.3 is 14.8 Å². The average molecular weight is 466 g/mol. The van der Waals surface area contributed by atoms with E-state index >= 15 is 0 Å². The maximum atomic E-state index is 12.6. The Morgan fingerprint density at radius 2 is 1.23 bits per heavy atom. The molecule has 0 aliphatic carbocycles. The number of hydrogen-bond acceptors (Lipinski definition) is 4. The van der Waals surface area contributed by atoms with E-state index in [1.165, 1.54) is 0 Å². The summed E-state index contributed by atoms with van der Waals surface area (Å²) < 4.78 is 11.0. The fourth-order valence-corrected chi connectivity index (χ4v) is 3.74. The van der Waals surface area contributed by atoms with Crippen LogP contribution in [0.5, 0.6) is 5.75 Å². The molecule has 0 aliphatic rings. The van der Waals surface area contributed by atoms with E-state index in [1.54, 1.807) is 24.3 Å². The van der Waals surface area contributed by atoms with Gasteiger partial charge in [-0.3, -0.25) is 9.59 Å². The highest BCUT2D eigenvalue weighted by Gasteiger charge is 2.19. The Morgan fingerprint density at radius 1 is 0.686 bits per heavy atom. The van der Waals surface area contributed by atoms with Crippen molar-refractivity contribution in [3.63, 3.8) is 0 Å². The summed E-state index contributed by atoms with van der Waals surface area (Å²) in [4.78, 5) is 24.9. The number of esters is 1. The number of rotatable bonds is 10. The van der Waals surface area contributed by atoms with E-state index < -0.39 is 11.9 Å². The Bertz CT molecular complexity index is 1170. The highest BCUT2D eigenvalue weighted by atomic mass is 16.5. The molecule has 5 heteroatoms. The number of carbonyl (C=O) groups excluding carboxylic acids is 2. The van der Waals surface area contributed by atoms with Crippen molar-refractivity contribution in [2.75, 3.05) is 11.9 Å². The molecule has 0 spiro atoms. The monoisotopic (exact) mass is 465 g/mol. The second kappa shape index (κ2) is 12.2. The van der Waals surface area contributed by atoms with Gasteiger partial charge in [0, 0.05) is 11.6 Å². The number of anilines is 1. The van der Waals surface area contributed by atoms with E-state index in [9.17, 15) is 9.59 Å². The van der Waals surface area contributed by atoms with E-state index in [4.69, 9.17) is 9.47 Å². The summed E-state index contributed by atoms with van der Waals surface area (Å²) in [6, 6.07) is 36.6. The molecule has 1 amide bonds. The molecule has 4 aromatic carbocycles. The molecule has 0 aliphatic heterocycles. The van der Waals surface area contributed by atoms with Gasteiger partial charge >= 0.3 is 5.97 Å².